The fourth-order valence-corrected chi connectivity index (χ4v) is 11.8. The molecular weight excluding hydrogens is 1220 g/mol. The van der Waals surface area contributed by atoms with E-state index in [1.807, 2.05) is 151 Å². The predicted octanol–water partition coefficient (Wildman–Crippen LogP) is 21.3. The Hall–Kier alpha value is -8.76. The molecule has 2 aromatic heterocycles. The average molecular weight is 1300 g/mol. The van der Waals surface area contributed by atoms with Crippen LogP contribution >= 0.6 is 0 Å². The molecule has 5 nitrogen and oxygen atoms in total. The fourth-order valence-electron chi connectivity index (χ4n) is 11.8. The van der Waals surface area contributed by atoms with Crippen LogP contribution in [0.25, 0.3) is 83.3 Å². The summed E-state index contributed by atoms with van der Waals surface area (Å²) in [6.45, 7) is 15.8. The van der Waals surface area contributed by atoms with E-state index in [1.165, 1.54) is 0 Å². The smallest absolute Gasteiger partial charge is 0.135 e. The summed E-state index contributed by atoms with van der Waals surface area (Å²) in [6, 6.07) is 53.1. The van der Waals surface area contributed by atoms with Crippen LogP contribution < -0.4 is 14.5 Å². The van der Waals surface area contributed by atoms with E-state index in [1.54, 1.807) is 60.8 Å². The summed E-state index contributed by atoms with van der Waals surface area (Å²) in [5, 5.41) is 1.82. The van der Waals surface area contributed by atoms with Crippen molar-refractivity contribution < 1.29 is 43.6 Å². The molecule has 1 aliphatic heterocycles. The number of pyridine rings is 1. The molecule has 6 heteroatoms. The second-order valence-corrected chi connectivity index (χ2v) is 23.9. The van der Waals surface area contributed by atoms with E-state index in [2.05, 4.69) is 39.8 Å². The van der Waals surface area contributed by atoms with Gasteiger partial charge >= 0.3 is 0 Å². The Kier molecular flexibility index (Phi) is 10.9. The molecule has 0 N–H and O–H groups in total. The maximum atomic E-state index is 10.4. The van der Waals surface area contributed by atoms with Gasteiger partial charge in [-0.2, -0.15) is 12.1 Å². The van der Waals surface area contributed by atoms with Gasteiger partial charge in [0, 0.05) is 80.8 Å². The van der Waals surface area contributed by atoms with E-state index < -0.39 is 58.9 Å². The summed E-state index contributed by atoms with van der Waals surface area (Å²) < 4.78 is 133. The molecule has 10 aromatic carbocycles. The van der Waals surface area contributed by atoms with E-state index in [-0.39, 0.29) is 84.7 Å². The molecule has 0 amide bonds. The van der Waals surface area contributed by atoms with Gasteiger partial charge in [0.05, 0.1) is 15.1 Å². The number of aromatic nitrogens is 2. The number of nitrogens with zero attached hydrogens (tertiary/aromatic N) is 4. The van der Waals surface area contributed by atoms with E-state index >= 15 is 0 Å². The molecule has 0 bridgehead atoms. The summed E-state index contributed by atoms with van der Waals surface area (Å²) in [5.74, 6) is 1.19. The quantitative estimate of drug-likeness (QED) is 0.121. The van der Waals surface area contributed by atoms with Crippen molar-refractivity contribution in [3.05, 3.63) is 272 Å². The zero-order valence-corrected chi connectivity index (χ0v) is 50.4. The maximum Gasteiger partial charge on any atom is 0.135 e. The third kappa shape index (κ3) is 10.5. The number of anilines is 4. The van der Waals surface area contributed by atoms with Crippen LogP contribution in [0.2, 0.25) is 0 Å². The van der Waals surface area contributed by atoms with Crippen LogP contribution in [0.3, 0.4) is 0 Å². The van der Waals surface area contributed by atoms with Crippen LogP contribution in [0, 0.1) is 24.2 Å². The van der Waals surface area contributed by atoms with Crippen LogP contribution in [0.5, 0.6) is 11.5 Å². The van der Waals surface area contributed by atoms with Gasteiger partial charge in [-0.05, 0) is 139 Å². The van der Waals surface area contributed by atoms with Crippen molar-refractivity contribution in [2.75, 3.05) is 9.80 Å². The normalized spacial score (nSPS) is 16.6. The van der Waals surface area contributed by atoms with Gasteiger partial charge in [0.15, 0.2) is 0 Å². The van der Waals surface area contributed by atoms with E-state index in [0.29, 0.717) is 85.4 Å². The molecule has 0 fully saturated rings. The summed E-state index contributed by atoms with van der Waals surface area (Å²) in [6.07, 6.45) is 1.42. The van der Waals surface area contributed by atoms with Crippen LogP contribution in [0.15, 0.2) is 236 Å². The van der Waals surface area contributed by atoms with Gasteiger partial charge in [0.1, 0.15) is 5.82 Å². The van der Waals surface area contributed by atoms with Crippen molar-refractivity contribution in [3.8, 4) is 73.0 Å². The SMILES string of the molecule is [2H]c1c([2H])c([2H])c(-c2c([2H])c(-c3ccccc3)c([2H])c(-c3cccc(-c4c([2H])c([2H])c5c(c4[2H])C(C)(C)CCC5(C)C)c3N3[CH-]N(c4[c-]c(Oc5[c-]c6c(cc5)c5ccccc5n6-c5cc(C([2H])([2H])C(C)(C)C)c(-c6ccccc6)cn5)ccc4)c4ccccc43)c2[2H])c([2H])c1[2H].[Pt]. The molecule has 3 heterocycles. The van der Waals surface area contributed by atoms with Gasteiger partial charge in [0.25, 0.3) is 0 Å². The molecule has 0 spiro atoms. The van der Waals surface area contributed by atoms with Crippen LogP contribution in [0.1, 0.15) is 95.8 Å². The first-order chi connectivity index (χ1) is 46.1. The molecule has 2 aliphatic rings. The molecule has 0 radical (unpaired) electrons. The maximum absolute atomic E-state index is 10.4. The zero-order chi connectivity index (χ0) is 68.7. The first-order valence-electron chi connectivity index (χ1n) is 34.9. The summed E-state index contributed by atoms with van der Waals surface area (Å²) in [7, 11) is 0. The number of hydrogen-bond donors (Lipinski definition) is 0. The molecule has 422 valence electrons. The number of benzene rings is 10. The van der Waals surface area contributed by atoms with Crippen LogP contribution in [-0.4, -0.2) is 9.55 Å². The predicted molar refractivity (Wildman–Crippen MR) is 350 cm³/mol. The Morgan fingerprint density at radius 3 is 1.92 bits per heavy atom. The second kappa shape index (κ2) is 22.0. The van der Waals surface area contributed by atoms with Crippen molar-refractivity contribution in [1.82, 2.24) is 9.55 Å². The molecule has 12 aromatic rings. The topological polar surface area (TPSA) is 33.5 Å². The molecule has 0 unspecified atom stereocenters. The van der Waals surface area contributed by atoms with Crippen molar-refractivity contribution in [2.24, 2.45) is 5.41 Å². The number of ether oxygens (including phenoxy) is 1. The van der Waals surface area contributed by atoms with Gasteiger partial charge in [0.2, 0.25) is 0 Å². The second-order valence-electron chi connectivity index (χ2n) is 23.9. The van der Waals surface area contributed by atoms with Gasteiger partial charge in [-0.15, -0.1) is 48.1 Å². The Bertz CT molecular complexity index is 5210. The van der Waals surface area contributed by atoms with E-state index in [4.69, 9.17) is 13.8 Å². The largest absolute Gasteiger partial charge is 0.509 e. The van der Waals surface area contributed by atoms with Gasteiger partial charge < -0.3 is 19.1 Å². The summed E-state index contributed by atoms with van der Waals surface area (Å²) in [4.78, 5) is 8.83. The molecule has 1 aliphatic carbocycles. The number of hydrogen-bond acceptors (Lipinski definition) is 4. The first-order valence-corrected chi connectivity index (χ1v) is 28.4. The summed E-state index contributed by atoms with van der Waals surface area (Å²) in [5.41, 5.74) is 5.46. The van der Waals surface area contributed by atoms with Crippen LogP contribution in [0.4, 0.5) is 22.7 Å². The van der Waals surface area contributed by atoms with Gasteiger partial charge in [-0.25, -0.2) is 4.98 Å². The fraction of sp³-hybridized carbons (Fsp3) is 0.165. The minimum absolute atomic E-state index is 0. The van der Waals surface area contributed by atoms with E-state index in [0.717, 1.165) is 28.3 Å². The van der Waals surface area contributed by atoms with Gasteiger partial charge in [-0.3, -0.25) is 0 Å². The molecular formula is C79H67N4OPt-3. The van der Waals surface area contributed by atoms with E-state index in [9.17, 15) is 13.7 Å². The Labute approximate surface area is 533 Å². The van der Waals surface area contributed by atoms with Crippen molar-refractivity contribution >= 4 is 44.6 Å². The minimum Gasteiger partial charge on any atom is -0.509 e. The van der Waals surface area contributed by atoms with Crippen molar-refractivity contribution in [2.45, 2.75) is 78.5 Å². The zero-order valence-electron chi connectivity index (χ0n) is 61.2. The minimum atomic E-state index is -1.79. The Morgan fingerprint density at radius 2 is 1.18 bits per heavy atom. The number of fused-ring (bicyclic) bond motifs is 5. The number of rotatable bonds is 11. The van der Waals surface area contributed by atoms with Crippen molar-refractivity contribution in [3.63, 3.8) is 0 Å². The van der Waals surface area contributed by atoms with Gasteiger partial charge in [-0.1, -0.05) is 212 Å². The van der Waals surface area contributed by atoms with Crippen molar-refractivity contribution in [1.29, 1.82) is 0 Å². The summed E-state index contributed by atoms with van der Waals surface area (Å²) >= 11 is 0. The number of para-hydroxylation sites is 4. The molecule has 85 heavy (non-hydrogen) atoms. The monoisotopic (exact) mass is 1300 g/mol. The molecule has 0 atom stereocenters. The Balaban J connectivity index is 0.00000864. The molecule has 14 rings (SSSR count). The average Bonchev–Trinajstić information content (AvgIpc) is 0.886. The molecule has 0 saturated heterocycles. The third-order valence-electron chi connectivity index (χ3n) is 16.1. The Morgan fingerprint density at radius 1 is 0.553 bits per heavy atom. The molecule has 0 saturated carbocycles. The standard InChI is InChI=1S/C79H67N4O.Pt/c1-77(2,3)50-60-47-75(80-51-68(60)55-27-15-10-16-28-55)83-71-34-18-17-31-66(71)67-39-38-63(49-74(67)83)84-62-30-21-29-61(48-62)81-52-82(73-36-20-19-35-72(73)81)76-64(56-37-40-69-70(46-56)79(6,7)42-41-78(69,4)5)32-22-33-65(76)59-44-57(53-23-11-8-12-24-53)43-58(45-59)54-25-13-9-14-26-54;/h8-40,43-47,51-52H,41-42,50H2,1-7H3;/q-3;/i8D,11D,12D,23D,24D,37D,40D,43D,44D,45D,46D,50D2;. The first kappa shape index (κ1) is 42.1. The van der Waals surface area contributed by atoms with Crippen LogP contribution in [-0.2, 0) is 38.3 Å². The third-order valence-corrected chi connectivity index (χ3v) is 16.1.